The summed E-state index contributed by atoms with van der Waals surface area (Å²) in [6.07, 6.45) is 1.94. The molecule has 6 nitrogen and oxygen atoms in total. The Balaban J connectivity index is 1.77. The van der Waals surface area contributed by atoms with Crippen molar-refractivity contribution < 1.29 is 9.42 Å². The Morgan fingerprint density at radius 2 is 2.10 bits per heavy atom. The van der Waals surface area contributed by atoms with E-state index >= 15 is 0 Å². The van der Waals surface area contributed by atoms with Gasteiger partial charge in [-0.25, -0.2) is 4.63 Å². The van der Waals surface area contributed by atoms with Gasteiger partial charge in [-0.05, 0) is 40.7 Å². The third-order valence-electron chi connectivity index (χ3n) is 4.00. The fourth-order valence-corrected chi connectivity index (χ4v) is 3.02. The second-order valence-electron chi connectivity index (χ2n) is 5.58. The lowest BCUT2D eigenvalue weighted by molar-refractivity contribution is -0.120. The third kappa shape index (κ3) is 2.89. The van der Waals surface area contributed by atoms with Crippen molar-refractivity contribution in [3.05, 3.63) is 35.4 Å². The van der Waals surface area contributed by atoms with Crippen LogP contribution < -0.4 is 11.1 Å². The van der Waals surface area contributed by atoms with E-state index in [1.807, 2.05) is 12.1 Å². The summed E-state index contributed by atoms with van der Waals surface area (Å²) in [6.45, 7) is 2.08. The Morgan fingerprint density at radius 3 is 2.81 bits per heavy atom. The van der Waals surface area contributed by atoms with Crippen LogP contribution in [0, 0.1) is 6.92 Å². The molecule has 3 rings (SSSR count). The van der Waals surface area contributed by atoms with Gasteiger partial charge >= 0.3 is 0 Å². The first kappa shape index (κ1) is 13.6. The van der Waals surface area contributed by atoms with Crippen molar-refractivity contribution in [2.24, 2.45) is 0 Å². The Morgan fingerprint density at radius 1 is 1.29 bits per heavy atom. The summed E-state index contributed by atoms with van der Waals surface area (Å²) in [5, 5.41) is 10.4. The van der Waals surface area contributed by atoms with Crippen molar-refractivity contribution >= 4 is 17.4 Å². The summed E-state index contributed by atoms with van der Waals surface area (Å²) >= 11 is 0. The third-order valence-corrected chi connectivity index (χ3v) is 4.00. The average Bonchev–Trinajstić information content (AvgIpc) is 2.84. The molecule has 0 saturated heterocycles. The van der Waals surface area contributed by atoms with E-state index in [2.05, 4.69) is 39.3 Å². The lowest BCUT2D eigenvalue weighted by atomic mass is 9.79. The number of ketones is 1. The Labute approximate surface area is 122 Å². The summed E-state index contributed by atoms with van der Waals surface area (Å²) < 4.78 is 4.57. The van der Waals surface area contributed by atoms with Crippen LogP contribution in [0.2, 0.25) is 0 Å². The number of nitrogens with zero attached hydrogens (tertiary/aromatic N) is 2. The molecule has 0 bridgehead atoms. The quantitative estimate of drug-likeness (QED) is 0.899. The molecular weight excluding hydrogens is 268 g/mol. The normalized spacial score (nSPS) is 22.2. The largest absolute Gasteiger partial charge is 0.378 e. The molecule has 0 spiro atoms. The van der Waals surface area contributed by atoms with Gasteiger partial charge in [0.25, 0.3) is 0 Å². The minimum Gasteiger partial charge on any atom is -0.378 e. The highest BCUT2D eigenvalue weighted by Crippen LogP contribution is 2.34. The topological polar surface area (TPSA) is 94.0 Å². The van der Waals surface area contributed by atoms with E-state index in [1.165, 1.54) is 11.1 Å². The molecule has 2 aromatic rings. The van der Waals surface area contributed by atoms with Crippen LogP contribution in [0.15, 0.2) is 28.9 Å². The van der Waals surface area contributed by atoms with E-state index < -0.39 is 0 Å². The monoisotopic (exact) mass is 286 g/mol. The molecule has 0 aliphatic heterocycles. The number of carbonyl (C=O) groups excluding carboxylic acids is 1. The van der Waals surface area contributed by atoms with Gasteiger partial charge in [-0.2, -0.15) is 0 Å². The van der Waals surface area contributed by atoms with Crippen LogP contribution in [0.4, 0.5) is 11.6 Å². The standard InChI is InChI=1S/C15H18N4O2/c1-9-4-2-3-5-13(9)10-6-11(8-12(20)7-10)17-15-14(16)18-21-19-15/h2-5,10-11H,6-8H2,1H3,(H2,16,18)(H,17,19)/t10-,11+/m1/s1. The van der Waals surface area contributed by atoms with Gasteiger partial charge in [0.1, 0.15) is 5.78 Å². The first-order chi connectivity index (χ1) is 10.1. The molecule has 1 aliphatic rings. The molecule has 2 atom stereocenters. The highest BCUT2D eigenvalue weighted by atomic mass is 16.6. The first-order valence-electron chi connectivity index (χ1n) is 7.05. The van der Waals surface area contributed by atoms with Crippen LogP contribution in [-0.4, -0.2) is 22.1 Å². The number of nitrogens with two attached hydrogens (primary N) is 1. The van der Waals surface area contributed by atoms with E-state index in [0.717, 1.165) is 6.42 Å². The maximum atomic E-state index is 12.1. The minimum absolute atomic E-state index is 0.00468. The summed E-state index contributed by atoms with van der Waals surface area (Å²) in [6, 6.07) is 8.22. The zero-order chi connectivity index (χ0) is 14.8. The van der Waals surface area contributed by atoms with Crippen LogP contribution in [0.3, 0.4) is 0 Å². The molecule has 6 heteroatoms. The zero-order valence-corrected chi connectivity index (χ0v) is 11.9. The summed E-state index contributed by atoms with van der Waals surface area (Å²) in [5.41, 5.74) is 8.11. The van der Waals surface area contributed by atoms with Crippen molar-refractivity contribution in [3.8, 4) is 0 Å². The lowest BCUT2D eigenvalue weighted by Crippen LogP contribution is -2.32. The maximum absolute atomic E-state index is 12.1. The molecule has 1 aromatic carbocycles. The molecule has 1 saturated carbocycles. The fourth-order valence-electron chi connectivity index (χ4n) is 3.02. The molecule has 3 N–H and O–H groups in total. The number of anilines is 2. The second-order valence-corrected chi connectivity index (χ2v) is 5.58. The number of aromatic nitrogens is 2. The van der Waals surface area contributed by atoms with Gasteiger partial charge in [0.05, 0.1) is 0 Å². The predicted molar refractivity (Wildman–Crippen MR) is 78.9 cm³/mol. The van der Waals surface area contributed by atoms with E-state index in [0.29, 0.717) is 18.7 Å². The molecule has 1 heterocycles. The zero-order valence-electron chi connectivity index (χ0n) is 11.9. The van der Waals surface area contributed by atoms with Crippen molar-refractivity contribution in [1.29, 1.82) is 0 Å². The number of aryl methyl sites for hydroxylation is 1. The molecule has 0 unspecified atom stereocenters. The number of rotatable bonds is 3. The number of hydrogen-bond acceptors (Lipinski definition) is 6. The molecule has 1 aromatic heterocycles. The first-order valence-corrected chi connectivity index (χ1v) is 7.05. The second kappa shape index (κ2) is 5.55. The molecule has 1 aliphatic carbocycles. The molecule has 0 radical (unpaired) electrons. The lowest BCUT2D eigenvalue weighted by Gasteiger charge is -2.29. The minimum atomic E-state index is 0.00468. The average molecular weight is 286 g/mol. The molecule has 1 fully saturated rings. The number of Topliss-reactive ketones (excluding diaryl/α,β-unsaturated/α-hetero) is 1. The number of carbonyl (C=O) groups is 1. The van der Waals surface area contributed by atoms with Crippen LogP contribution in [0.25, 0.3) is 0 Å². The number of hydrogen-bond donors (Lipinski definition) is 2. The van der Waals surface area contributed by atoms with Crippen LogP contribution in [0.5, 0.6) is 0 Å². The fraction of sp³-hybridized carbons (Fsp3) is 0.400. The summed E-state index contributed by atoms with van der Waals surface area (Å²) in [7, 11) is 0. The molecule has 110 valence electrons. The van der Waals surface area contributed by atoms with Gasteiger partial charge in [-0.3, -0.25) is 4.79 Å². The maximum Gasteiger partial charge on any atom is 0.215 e. The molecule has 0 amide bonds. The predicted octanol–water partition coefficient (Wildman–Crippen LogP) is 2.28. The van der Waals surface area contributed by atoms with Crippen molar-refractivity contribution in [2.75, 3.05) is 11.1 Å². The van der Waals surface area contributed by atoms with Crippen molar-refractivity contribution in [2.45, 2.75) is 38.1 Å². The van der Waals surface area contributed by atoms with Crippen molar-refractivity contribution in [1.82, 2.24) is 10.3 Å². The van der Waals surface area contributed by atoms with E-state index in [4.69, 9.17) is 5.73 Å². The van der Waals surface area contributed by atoms with E-state index in [-0.39, 0.29) is 23.6 Å². The van der Waals surface area contributed by atoms with Gasteiger partial charge in [-0.15, -0.1) is 0 Å². The number of nitrogens with one attached hydrogen (secondary N) is 1. The van der Waals surface area contributed by atoms with Gasteiger partial charge in [0.15, 0.2) is 0 Å². The Hall–Kier alpha value is -2.37. The highest BCUT2D eigenvalue weighted by molar-refractivity contribution is 5.81. The van der Waals surface area contributed by atoms with Crippen molar-refractivity contribution in [3.63, 3.8) is 0 Å². The van der Waals surface area contributed by atoms with E-state index in [1.54, 1.807) is 0 Å². The van der Waals surface area contributed by atoms with Crippen LogP contribution in [0.1, 0.15) is 36.3 Å². The van der Waals surface area contributed by atoms with Gasteiger partial charge < -0.3 is 11.1 Å². The van der Waals surface area contributed by atoms with Gasteiger partial charge in [-0.1, -0.05) is 24.3 Å². The van der Waals surface area contributed by atoms with E-state index in [9.17, 15) is 4.79 Å². The van der Waals surface area contributed by atoms with Gasteiger partial charge in [0, 0.05) is 18.9 Å². The number of benzene rings is 1. The van der Waals surface area contributed by atoms with Crippen LogP contribution >= 0.6 is 0 Å². The SMILES string of the molecule is Cc1ccccc1[C@H]1CC(=O)C[C@@H](Nc2nonc2N)C1. The van der Waals surface area contributed by atoms with Gasteiger partial charge in [0.2, 0.25) is 11.6 Å². The Bertz CT molecular complexity index is 653. The summed E-state index contributed by atoms with van der Waals surface area (Å²) in [4.78, 5) is 12.1. The highest BCUT2D eigenvalue weighted by Gasteiger charge is 2.29. The Kier molecular flexibility index (Phi) is 3.60. The smallest absolute Gasteiger partial charge is 0.215 e. The number of nitrogen functional groups attached to an aromatic ring is 1. The summed E-state index contributed by atoms with van der Waals surface area (Å²) in [5.74, 6) is 1.12. The molecule has 21 heavy (non-hydrogen) atoms. The van der Waals surface area contributed by atoms with Crippen LogP contribution in [-0.2, 0) is 4.79 Å². The molecular formula is C15H18N4O2.